The van der Waals surface area contributed by atoms with E-state index in [0.717, 1.165) is 17.1 Å². The largest absolute Gasteiger partial charge is 0.481 e. The second-order valence-corrected chi connectivity index (χ2v) is 3.71. The first-order valence-corrected chi connectivity index (χ1v) is 5.41. The van der Waals surface area contributed by atoms with Crippen LogP contribution in [0.4, 0.5) is 0 Å². The predicted molar refractivity (Wildman–Crippen MR) is 62.6 cm³/mol. The van der Waals surface area contributed by atoms with Gasteiger partial charge < -0.3 is 14.6 Å². The standard InChI is InChI=1S/C12H15N3O2/c1-9-6-11(17-15-9)8-13-7-10-4-3-5-12(14-10)16-2/h3-6,13H,7-8H2,1-2H3. The van der Waals surface area contributed by atoms with Crippen LogP contribution in [0.25, 0.3) is 0 Å². The molecule has 2 heterocycles. The first-order valence-electron chi connectivity index (χ1n) is 5.41. The van der Waals surface area contributed by atoms with E-state index in [2.05, 4.69) is 15.5 Å². The number of rotatable bonds is 5. The fraction of sp³-hybridized carbons (Fsp3) is 0.333. The van der Waals surface area contributed by atoms with Gasteiger partial charge in [0, 0.05) is 18.7 Å². The Hall–Kier alpha value is -1.88. The molecular weight excluding hydrogens is 218 g/mol. The zero-order valence-electron chi connectivity index (χ0n) is 9.93. The van der Waals surface area contributed by atoms with Crippen LogP contribution in [0, 0.1) is 6.92 Å². The van der Waals surface area contributed by atoms with E-state index in [1.165, 1.54) is 0 Å². The van der Waals surface area contributed by atoms with Gasteiger partial charge in [-0.25, -0.2) is 4.98 Å². The Labute approximate surface area is 99.8 Å². The summed E-state index contributed by atoms with van der Waals surface area (Å²) in [6.07, 6.45) is 0. The molecule has 0 bridgehead atoms. The van der Waals surface area contributed by atoms with Crippen molar-refractivity contribution in [3.05, 3.63) is 41.4 Å². The van der Waals surface area contributed by atoms with Crippen LogP contribution >= 0.6 is 0 Å². The van der Waals surface area contributed by atoms with Crippen LogP contribution in [0.2, 0.25) is 0 Å². The van der Waals surface area contributed by atoms with E-state index in [-0.39, 0.29) is 0 Å². The highest BCUT2D eigenvalue weighted by Crippen LogP contribution is 2.07. The highest BCUT2D eigenvalue weighted by Gasteiger charge is 2.01. The van der Waals surface area contributed by atoms with Crippen LogP contribution in [-0.2, 0) is 13.1 Å². The van der Waals surface area contributed by atoms with Gasteiger partial charge in [0.2, 0.25) is 5.88 Å². The summed E-state index contributed by atoms with van der Waals surface area (Å²) in [5.41, 5.74) is 1.82. The number of nitrogens with zero attached hydrogens (tertiary/aromatic N) is 2. The highest BCUT2D eigenvalue weighted by molar-refractivity contribution is 5.15. The Morgan fingerprint density at radius 1 is 1.35 bits per heavy atom. The molecule has 0 aliphatic carbocycles. The van der Waals surface area contributed by atoms with Gasteiger partial charge in [0.05, 0.1) is 25.0 Å². The Balaban J connectivity index is 1.85. The minimum atomic E-state index is 0.625. The lowest BCUT2D eigenvalue weighted by Gasteiger charge is -2.03. The average molecular weight is 233 g/mol. The number of pyridine rings is 1. The van der Waals surface area contributed by atoms with Crippen molar-refractivity contribution in [1.29, 1.82) is 0 Å². The first kappa shape index (κ1) is 11.6. The second kappa shape index (κ2) is 5.45. The Kier molecular flexibility index (Phi) is 3.72. The van der Waals surface area contributed by atoms with Crippen molar-refractivity contribution in [2.45, 2.75) is 20.0 Å². The van der Waals surface area contributed by atoms with Crippen LogP contribution < -0.4 is 10.1 Å². The summed E-state index contributed by atoms with van der Waals surface area (Å²) in [5.74, 6) is 1.45. The van der Waals surface area contributed by atoms with Crippen molar-refractivity contribution in [3.63, 3.8) is 0 Å². The summed E-state index contributed by atoms with van der Waals surface area (Å²) >= 11 is 0. The van der Waals surface area contributed by atoms with Crippen LogP contribution in [0.1, 0.15) is 17.1 Å². The summed E-state index contributed by atoms with van der Waals surface area (Å²) in [5, 5.41) is 7.05. The van der Waals surface area contributed by atoms with Gasteiger partial charge in [-0.1, -0.05) is 11.2 Å². The van der Waals surface area contributed by atoms with E-state index in [0.29, 0.717) is 19.0 Å². The van der Waals surface area contributed by atoms with Crippen LogP contribution in [0.3, 0.4) is 0 Å². The second-order valence-electron chi connectivity index (χ2n) is 3.71. The summed E-state index contributed by atoms with van der Waals surface area (Å²) in [7, 11) is 1.61. The van der Waals surface area contributed by atoms with Gasteiger partial charge in [0.15, 0.2) is 5.76 Å². The summed E-state index contributed by atoms with van der Waals surface area (Å²) in [6, 6.07) is 7.60. The molecule has 0 saturated heterocycles. The summed E-state index contributed by atoms with van der Waals surface area (Å²) in [4.78, 5) is 4.30. The molecule has 0 unspecified atom stereocenters. The maximum Gasteiger partial charge on any atom is 0.213 e. The van der Waals surface area contributed by atoms with Crippen LogP contribution in [-0.4, -0.2) is 17.3 Å². The number of methoxy groups -OCH3 is 1. The normalized spacial score (nSPS) is 10.5. The molecular formula is C12H15N3O2. The van der Waals surface area contributed by atoms with Gasteiger partial charge in [0.1, 0.15) is 0 Å². The van der Waals surface area contributed by atoms with E-state index in [4.69, 9.17) is 9.26 Å². The topological polar surface area (TPSA) is 60.2 Å². The molecule has 0 amide bonds. The van der Waals surface area contributed by atoms with Crippen molar-refractivity contribution in [3.8, 4) is 5.88 Å². The minimum absolute atomic E-state index is 0.625. The van der Waals surface area contributed by atoms with E-state index in [1.54, 1.807) is 7.11 Å². The fourth-order valence-corrected chi connectivity index (χ4v) is 1.48. The number of nitrogens with one attached hydrogen (secondary N) is 1. The Morgan fingerprint density at radius 3 is 2.94 bits per heavy atom. The lowest BCUT2D eigenvalue weighted by molar-refractivity contribution is 0.368. The summed E-state index contributed by atoms with van der Waals surface area (Å²) in [6.45, 7) is 3.20. The van der Waals surface area contributed by atoms with Crippen molar-refractivity contribution in [1.82, 2.24) is 15.5 Å². The maximum absolute atomic E-state index is 5.09. The lowest BCUT2D eigenvalue weighted by atomic mass is 10.3. The molecule has 17 heavy (non-hydrogen) atoms. The van der Waals surface area contributed by atoms with Crippen LogP contribution in [0.5, 0.6) is 5.88 Å². The molecule has 0 atom stereocenters. The highest BCUT2D eigenvalue weighted by atomic mass is 16.5. The van der Waals surface area contributed by atoms with Crippen molar-refractivity contribution in [2.75, 3.05) is 7.11 Å². The van der Waals surface area contributed by atoms with E-state index >= 15 is 0 Å². The monoisotopic (exact) mass is 233 g/mol. The zero-order chi connectivity index (χ0) is 12.1. The number of hydrogen-bond acceptors (Lipinski definition) is 5. The molecule has 90 valence electrons. The molecule has 5 heteroatoms. The first-order chi connectivity index (χ1) is 8.28. The Morgan fingerprint density at radius 2 is 2.24 bits per heavy atom. The van der Waals surface area contributed by atoms with E-state index in [1.807, 2.05) is 31.2 Å². The predicted octanol–water partition coefficient (Wildman–Crippen LogP) is 1.68. The molecule has 0 radical (unpaired) electrons. The zero-order valence-corrected chi connectivity index (χ0v) is 9.93. The summed E-state index contributed by atoms with van der Waals surface area (Å²) < 4.78 is 10.1. The number of aryl methyl sites for hydroxylation is 1. The molecule has 0 saturated carbocycles. The Bertz CT molecular complexity index is 482. The van der Waals surface area contributed by atoms with E-state index < -0.39 is 0 Å². The minimum Gasteiger partial charge on any atom is -0.481 e. The van der Waals surface area contributed by atoms with Crippen molar-refractivity contribution < 1.29 is 9.26 Å². The number of hydrogen-bond donors (Lipinski definition) is 1. The quantitative estimate of drug-likeness (QED) is 0.851. The number of aromatic nitrogens is 2. The smallest absolute Gasteiger partial charge is 0.213 e. The average Bonchev–Trinajstić information content (AvgIpc) is 2.75. The molecule has 0 aliphatic rings. The number of ether oxygens (including phenoxy) is 1. The lowest BCUT2D eigenvalue weighted by Crippen LogP contribution is -2.13. The molecule has 0 aromatic carbocycles. The van der Waals surface area contributed by atoms with Gasteiger partial charge in [-0.3, -0.25) is 0 Å². The maximum atomic E-state index is 5.09. The van der Waals surface area contributed by atoms with Gasteiger partial charge >= 0.3 is 0 Å². The third kappa shape index (κ3) is 3.29. The van der Waals surface area contributed by atoms with Gasteiger partial charge in [0.25, 0.3) is 0 Å². The molecule has 0 fully saturated rings. The molecule has 2 rings (SSSR count). The van der Waals surface area contributed by atoms with Gasteiger partial charge in [-0.05, 0) is 13.0 Å². The van der Waals surface area contributed by atoms with Gasteiger partial charge in [-0.2, -0.15) is 0 Å². The van der Waals surface area contributed by atoms with Crippen molar-refractivity contribution >= 4 is 0 Å². The molecule has 0 aliphatic heterocycles. The van der Waals surface area contributed by atoms with E-state index in [9.17, 15) is 0 Å². The van der Waals surface area contributed by atoms with Crippen molar-refractivity contribution in [2.24, 2.45) is 0 Å². The SMILES string of the molecule is COc1cccc(CNCc2cc(C)no2)n1. The molecule has 0 spiro atoms. The molecule has 1 N–H and O–H groups in total. The fourth-order valence-electron chi connectivity index (χ4n) is 1.48. The van der Waals surface area contributed by atoms with Gasteiger partial charge in [-0.15, -0.1) is 0 Å². The molecule has 2 aromatic heterocycles. The molecule has 5 nitrogen and oxygen atoms in total. The molecule has 2 aromatic rings. The third-order valence-corrected chi connectivity index (χ3v) is 2.27. The third-order valence-electron chi connectivity index (χ3n) is 2.27. The van der Waals surface area contributed by atoms with Crippen LogP contribution in [0.15, 0.2) is 28.8 Å².